The zero-order valence-corrected chi connectivity index (χ0v) is 27.4. The first-order valence-corrected chi connectivity index (χ1v) is 17.2. The Hall–Kier alpha value is -6.64. The number of benzene rings is 8. The van der Waals surface area contributed by atoms with Crippen molar-refractivity contribution in [2.75, 3.05) is 0 Å². The Bertz CT molecular complexity index is 2800. The molecule has 50 heavy (non-hydrogen) atoms. The van der Waals surface area contributed by atoms with Crippen LogP contribution in [0.25, 0.3) is 88.4 Å². The molecule has 2 heteroatoms. The molecule has 0 saturated heterocycles. The minimum atomic E-state index is 1.16. The van der Waals surface area contributed by atoms with Crippen molar-refractivity contribution in [1.29, 1.82) is 0 Å². The highest BCUT2D eigenvalue weighted by molar-refractivity contribution is 6.11. The van der Waals surface area contributed by atoms with Gasteiger partial charge in [0, 0.05) is 32.8 Å². The van der Waals surface area contributed by atoms with E-state index in [4.69, 9.17) is 0 Å². The minimum absolute atomic E-state index is 1.16. The summed E-state index contributed by atoms with van der Waals surface area (Å²) < 4.78 is 4.85. The van der Waals surface area contributed by atoms with Crippen molar-refractivity contribution in [3.8, 4) is 44.8 Å². The molecule has 10 rings (SSSR count). The van der Waals surface area contributed by atoms with Gasteiger partial charge in [-0.05, 0) is 76.3 Å². The first-order chi connectivity index (χ1) is 24.8. The lowest BCUT2D eigenvalue weighted by atomic mass is 9.98. The smallest absolute Gasteiger partial charge is 0.0546 e. The quantitative estimate of drug-likeness (QED) is 0.178. The summed E-state index contributed by atoms with van der Waals surface area (Å²) in [5.41, 5.74) is 14.4. The summed E-state index contributed by atoms with van der Waals surface area (Å²) in [6.07, 6.45) is 0. The molecule has 0 saturated carbocycles. The van der Waals surface area contributed by atoms with Gasteiger partial charge in [0.25, 0.3) is 0 Å². The molecule has 0 radical (unpaired) electrons. The van der Waals surface area contributed by atoms with Crippen molar-refractivity contribution in [3.63, 3.8) is 0 Å². The Morgan fingerprint density at radius 3 is 1.42 bits per heavy atom. The van der Waals surface area contributed by atoms with E-state index in [1.807, 2.05) is 0 Å². The highest BCUT2D eigenvalue weighted by Crippen LogP contribution is 2.40. The largest absolute Gasteiger partial charge is 0.309 e. The normalized spacial score (nSPS) is 11.6. The third-order valence-electron chi connectivity index (χ3n) is 10.1. The van der Waals surface area contributed by atoms with Gasteiger partial charge in [-0.2, -0.15) is 0 Å². The Labute approximate surface area is 290 Å². The molecule has 2 heterocycles. The van der Waals surface area contributed by atoms with E-state index in [1.54, 1.807) is 0 Å². The molecule has 2 nitrogen and oxygen atoms in total. The van der Waals surface area contributed by atoms with Crippen LogP contribution in [0.15, 0.2) is 194 Å². The summed E-state index contributed by atoms with van der Waals surface area (Å²) in [4.78, 5) is 0. The molecule has 0 atom stereocenters. The molecule has 0 aliphatic rings. The highest BCUT2D eigenvalue weighted by atomic mass is 15.0. The maximum Gasteiger partial charge on any atom is 0.0546 e. The van der Waals surface area contributed by atoms with Crippen molar-refractivity contribution in [1.82, 2.24) is 9.13 Å². The van der Waals surface area contributed by atoms with E-state index in [0.717, 1.165) is 5.69 Å². The summed E-state index contributed by atoms with van der Waals surface area (Å²) in [7, 11) is 0. The van der Waals surface area contributed by atoms with Crippen LogP contribution in [0.5, 0.6) is 0 Å². The fraction of sp³-hybridized carbons (Fsp3) is 0. The highest BCUT2D eigenvalue weighted by Gasteiger charge is 2.18. The zero-order valence-electron chi connectivity index (χ0n) is 27.4. The first kappa shape index (κ1) is 28.4. The number of fused-ring (bicyclic) bond motifs is 6. The van der Waals surface area contributed by atoms with Gasteiger partial charge in [-0.15, -0.1) is 0 Å². The van der Waals surface area contributed by atoms with E-state index in [0.29, 0.717) is 0 Å². The fourth-order valence-electron chi connectivity index (χ4n) is 7.83. The van der Waals surface area contributed by atoms with Crippen LogP contribution in [0.2, 0.25) is 0 Å². The van der Waals surface area contributed by atoms with Crippen LogP contribution in [0, 0.1) is 0 Å². The van der Waals surface area contributed by atoms with Gasteiger partial charge in [0.1, 0.15) is 0 Å². The molecular formula is C48H32N2. The van der Waals surface area contributed by atoms with Gasteiger partial charge in [0.15, 0.2) is 0 Å². The SMILES string of the molecule is c1ccc(-c2ccc(-c3ccccc3)c(-n3c4ccccc4c4cc(-c5cccc(-n6c7ccccc7c7ccccc76)c5)ccc43)c2)cc1. The Balaban J connectivity index is 1.18. The Morgan fingerprint density at radius 1 is 0.260 bits per heavy atom. The van der Waals surface area contributed by atoms with Crippen LogP contribution >= 0.6 is 0 Å². The number of para-hydroxylation sites is 3. The van der Waals surface area contributed by atoms with E-state index in [9.17, 15) is 0 Å². The second-order valence-electron chi connectivity index (χ2n) is 13.0. The van der Waals surface area contributed by atoms with Crippen molar-refractivity contribution < 1.29 is 0 Å². The number of hydrogen-bond acceptors (Lipinski definition) is 0. The Kier molecular flexibility index (Phi) is 6.53. The first-order valence-electron chi connectivity index (χ1n) is 17.2. The molecule has 8 aromatic carbocycles. The monoisotopic (exact) mass is 636 g/mol. The lowest BCUT2D eigenvalue weighted by molar-refractivity contribution is 1.18. The summed E-state index contributed by atoms with van der Waals surface area (Å²) in [5, 5.41) is 5.03. The molecule has 0 amide bonds. The lowest BCUT2D eigenvalue weighted by Crippen LogP contribution is -1.98. The van der Waals surface area contributed by atoms with Gasteiger partial charge < -0.3 is 9.13 Å². The van der Waals surface area contributed by atoms with Crippen molar-refractivity contribution in [3.05, 3.63) is 194 Å². The number of aromatic nitrogens is 2. The molecule has 0 aliphatic heterocycles. The third-order valence-corrected chi connectivity index (χ3v) is 10.1. The van der Waals surface area contributed by atoms with Crippen LogP contribution in [-0.4, -0.2) is 9.13 Å². The molecule has 0 N–H and O–H groups in total. The summed E-state index contributed by atoms with van der Waals surface area (Å²) in [6.45, 7) is 0. The summed E-state index contributed by atoms with van der Waals surface area (Å²) in [5.74, 6) is 0. The zero-order chi connectivity index (χ0) is 33.0. The van der Waals surface area contributed by atoms with Gasteiger partial charge in [-0.3, -0.25) is 0 Å². The maximum atomic E-state index is 2.46. The second-order valence-corrected chi connectivity index (χ2v) is 13.0. The van der Waals surface area contributed by atoms with Gasteiger partial charge in [-0.1, -0.05) is 146 Å². The second kappa shape index (κ2) is 11.5. The summed E-state index contributed by atoms with van der Waals surface area (Å²) >= 11 is 0. The van der Waals surface area contributed by atoms with Gasteiger partial charge >= 0.3 is 0 Å². The summed E-state index contributed by atoms with van der Waals surface area (Å²) in [6, 6.07) is 70.4. The van der Waals surface area contributed by atoms with Crippen molar-refractivity contribution in [2.24, 2.45) is 0 Å². The van der Waals surface area contributed by atoms with Crippen LogP contribution in [0.1, 0.15) is 0 Å². The number of nitrogens with zero attached hydrogens (tertiary/aromatic N) is 2. The van der Waals surface area contributed by atoms with E-state index in [1.165, 1.54) is 82.7 Å². The maximum absolute atomic E-state index is 2.46. The molecule has 234 valence electrons. The number of rotatable bonds is 5. The third kappa shape index (κ3) is 4.50. The predicted octanol–water partition coefficient (Wildman–Crippen LogP) is 12.9. The Morgan fingerprint density at radius 2 is 0.740 bits per heavy atom. The molecule has 0 bridgehead atoms. The standard InChI is InChI=1S/C48H32N2/c1-3-14-33(15-4-1)37-26-28-39(34-16-5-2-6-17-34)48(32-37)50-46-25-12-9-22-42(46)43-31-36(27-29-47(43)50)35-18-13-19-38(30-35)49-44-23-10-7-20-40(44)41-21-8-11-24-45(41)49/h1-32H. The van der Waals surface area contributed by atoms with Gasteiger partial charge in [0.05, 0.1) is 27.8 Å². The molecule has 10 aromatic rings. The van der Waals surface area contributed by atoms with Crippen LogP contribution in [-0.2, 0) is 0 Å². The molecule has 0 unspecified atom stereocenters. The van der Waals surface area contributed by atoms with E-state index >= 15 is 0 Å². The molecule has 2 aromatic heterocycles. The molecule has 0 fully saturated rings. The minimum Gasteiger partial charge on any atom is -0.309 e. The van der Waals surface area contributed by atoms with E-state index in [2.05, 4.69) is 203 Å². The average molecular weight is 637 g/mol. The van der Waals surface area contributed by atoms with Crippen molar-refractivity contribution in [2.45, 2.75) is 0 Å². The van der Waals surface area contributed by atoms with Crippen LogP contribution in [0.4, 0.5) is 0 Å². The van der Waals surface area contributed by atoms with Crippen LogP contribution < -0.4 is 0 Å². The molecule has 0 spiro atoms. The van der Waals surface area contributed by atoms with Crippen molar-refractivity contribution >= 4 is 43.6 Å². The average Bonchev–Trinajstić information content (AvgIpc) is 3.71. The fourth-order valence-corrected chi connectivity index (χ4v) is 7.83. The number of hydrogen-bond donors (Lipinski definition) is 0. The van der Waals surface area contributed by atoms with Crippen LogP contribution in [0.3, 0.4) is 0 Å². The van der Waals surface area contributed by atoms with Gasteiger partial charge in [-0.25, -0.2) is 0 Å². The topological polar surface area (TPSA) is 9.86 Å². The van der Waals surface area contributed by atoms with E-state index < -0.39 is 0 Å². The lowest BCUT2D eigenvalue weighted by Gasteiger charge is -2.16. The molecular weight excluding hydrogens is 605 g/mol. The van der Waals surface area contributed by atoms with E-state index in [-0.39, 0.29) is 0 Å². The van der Waals surface area contributed by atoms with Gasteiger partial charge in [0.2, 0.25) is 0 Å². The predicted molar refractivity (Wildman–Crippen MR) is 211 cm³/mol. The molecule has 0 aliphatic carbocycles.